The van der Waals surface area contributed by atoms with Crippen molar-refractivity contribution < 1.29 is 19.3 Å². The van der Waals surface area contributed by atoms with Gasteiger partial charge in [0.05, 0.1) is 7.11 Å². The molecule has 0 saturated carbocycles. The van der Waals surface area contributed by atoms with E-state index in [0.29, 0.717) is 31.2 Å². The molecule has 30 heavy (non-hydrogen) atoms. The summed E-state index contributed by atoms with van der Waals surface area (Å²) in [7, 11) is 1.63. The fourth-order valence-electron chi connectivity index (χ4n) is 3.61. The predicted octanol–water partition coefficient (Wildman–Crippen LogP) is 3.09. The van der Waals surface area contributed by atoms with Gasteiger partial charge in [-0.05, 0) is 55.8 Å². The first-order chi connectivity index (χ1) is 14.7. The van der Waals surface area contributed by atoms with Crippen molar-refractivity contribution in [2.24, 2.45) is 0 Å². The fraction of sp³-hybridized carbons (Fsp3) is 0.500. The van der Waals surface area contributed by atoms with Crippen LogP contribution in [0, 0.1) is 0 Å². The SMILES string of the molecule is COc1ccc(CNCCOc2ccccc2)cc1OC[C@H](O)CN1CCCCC1. The second-order valence-electron chi connectivity index (χ2n) is 7.65. The molecule has 6 heteroatoms. The Morgan fingerprint density at radius 1 is 1.00 bits per heavy atom. The van der Waals surface area contributed by atoms with E-state index in [2.05, 4.69) is 10.2 Å². The summed E-state index contributed by atoms with van der Waals surface area (Å²) in [6.45, 7) is 5.09. The third-order valence-corrected chi connectivity index (χ3v) is 5.20. The standard InChI is InChI=1S/C24H34N2O4/c1-28-23-11-10-20(17-25-12-15-29-22-8-4-2-5-9-22)16-24(23)30-19-21(27)18-26-13-6-3-7-14-26/h2,4-5,8-11,16,21,25,27H,3,6-7,12-15,17-19H2,1H3/t21-/m1/s1. The van der Waals surface area contributed by atoms with Crippen LogP contribution >= 0.6 is 0 Å². The van der Waals surface area contributed by atoms with Crippen molar-refractivity contribution in [1.29, 1.82) is 0 Å². The first-order valence-electron chi connectivity index (χ1n) is 10.8. The van der Waals surface area contributed by atoms with Gasteiger partial charge in [-0.2, -0.15) is 0 Å². The quantitative estimate of drug-likeness (QED) is 0.521. The summed E-state index contributed by atoms with van der Waals surface area (Å²) in [4.78, 5) is 2.31. The Kier molecular flexibility index (Phi) is 9.28. The van der Waals surface area contributed by atoms with Crippen LogP contribution in [0.3, 0.4) is 0 Å². The van der Waals surface area contributed by atoms with Crippen LogP contribution in [0.15, 0.2) is 48.5 Å². The fourth-order valence-corrected chi connectivity index (χ4v) is 3.61. The molecule has 0 radical (unpaired) electrons. The molecule has 2 N–H and O–H groups in total. The van der Waals surface area contributed by atoms with Gasteiger partial charge in [-0.25, -0.2) is 0 Å². The summed E-state index contributed by atoms with van der Waals surface area (Å²) < 4.78 is 17.0. The van der Waals surface area contributed by atoms with Gasteiger partial charge in [-0.1, -0.05) is 30.7 Å². The molecule has 1 fully saturated rings. The Balaban J connectivity index is 1.42. The highest BCUT2D eigenvalue weighted by atomic mass is 16.5. The molecule has 0 aliphatic carbocycles. The Labute approximate surface area is 179 Å². The molecule has 1 aliphatic rings. The zero-order valence-electron chi connectivity index (χ0n) is 17.9. The van der Waals surface area contributed by atoms with Crippen molar-refractivity contribution in [2.75, 3.05) is 46.5 Å². The van der Waals surface area contributed by atoms with Crippen molar-refractivity contribution in [3.05, 3.63) is 54.1 Å². The van der Waals surface area contributed by atoms with Crippen molar-refractivity contribution >= 4 is 0 Å². The summed E-state index contributed by atoms with van der Waals surface area (Å²) in [5, 5.41) is 13.7. The number of hydrogen-bond donors (Lipinski definition) is 2. The van der Waals surface area contributed by atoms with Crippen molar-refractivity contribution in [3.63, 3.8) is 0 Å². The van der Waals surface area contributed by atoms with Crippen molar-refractivity contribution in [3.8, 4) is 17.2 Å². The average Bonchev–Trinajstić information content (AvgIpc) is 2.79. The smallest absolute Gasteiger partial charge is 0.161 e. The number of likely N-dealkylation sites (tertiary alicyclic amines) is 1. The minimum absolute atomic E-state index is 0.259. The maximum atomic E-state index is 10.4. The highest BCUT2D eigenvalue weighted by Crippen LogP contribution is 2.28. The van der Waals surface area contributed by atoms with Crippen LogP contribution in [-0.2, 0) is 6.54 Å². The molecule has 0 amide bonds. The second kappa shape index (κ2) is 12.4. The zero-order valence-corrected chi connectivity index (χ0v) is 17.9. The molecule has 0 unspecified atom stereocenters. The summed E-state index contributed by atoms with van der Waals surface area (Å²) >= 11 is 0. The van der Waals surface area contributed by atoms with Gasteiger partial charge in [0, 0.05) is 19.6 Å². The first kappa shape index (κ1) is 22.4. The van der Waals surface area contributed by atoms with Crippen LogP contribution in [0.1, 0.15) is 24.8 Å². The Bertz CT molecular complexity index is 735. The number of nitrogens with one attached hydrogen (secondary N) is 1. The van der Waals surface area contributed by atoms with E-state index in [0.717, 1.165) is 30.9 Å². The molecular formula is C24H34N2O4. The normalized spacial score (nSPS) is 15.5. The van der Waals surface area contributed by atoms with E-state index in [1.807, 2.05) is 48.5 Å². The molecule has 1 atom stereocenters. The van der Waals surface area contributed by atoms with E-state index >= 15 is 0 Å². The highest BCUT2D eigenvalue weighted by molar-refractivity contribution is 5.43. The summed E-state index contributed by atoms with van der Waals surface area (Å²) in [5.41, 5.74) is 1.09. The van der Waals surface area contributed by atoms with Gasteiger partial charge in [0.15, 0.2) is 11.5 Å². The monoisotopic (exact) mass is 414 g/mol. The lowest BCUT2D eigenvalue weighted by Gasteiger charge is -2.28. The Morgan fingerprint density at radius 3 is 2.57 bits per heavy atom. The molecule has 1 saturated heterocycles. The van der Waals surface area contributed by atoms with E-state index in [9.17, 15) is 5.11 Å². The van der Waals surface area contributed by atoms with Crippen LogP contribution in [0.2, 0.25) is 0 Å². The number of aliphatic hydroxyl groups excluding tert-OH is 1. The second-order valence-corrected chi connectivity index (χ2v) is 7.65. The van der Waals surface area contributed by atoms with Crippen molar-refractivity contribution in [2.45, 2.75) is 31.9 Å². The highest BCUT2D eigenvalue weighted by Gasteiger charge is 2.16. The molecule has 2 aromatic carbocycles. The zero-order chi connectivity index (χ0) is 21.0. The van der Waals surface area contributed by atoms with Gasteiger partial charge >= 0.3 is 0 Å². The number of methoxy groups -OCH3 is 1. The maximum absolute atomic E-state index is 10.4. The maximum Gasteiger partial charge on any atom is 0.161 e. The molecule has 6 nitrogen and oxygen atoms in total. The van der Waals surface area contributed by atoms with Gasteiger partial charge < -0.3 is 29.5 Å². The van der Waals surface area contributed by atoms with Crippen LogP contribution in [-0.4, -0.2) is 62.6 Å². The third kappa shape index (κ3) is 7.52. The minimum atomic E-state index is -0.510. The number of hydrogen-bond acceptors (Lipinski definition) is 6. The first-order valence-corrected chi connectivity index (χ1v) is 10.8. The van der Waals surface area contributed by atoms with E-state index in [4.69, 9.17) is 14.2 Å². The number of piperidine rings is 1. The lowest BCUT2D eigenvalue weighted by molar-refractivity contribution is 0.0608. The number of para-hydroxylation sites is 1. The Hall–Kier alpha value is -2.28. The van der Waals surface area contributed by atoms with Crippen LogP contribution < -0.4 is 19.5 Å². The number of ether oxygens (including phenoxy) is 3. The lowest BCUT2D eigenvalue weighted by atomic mass is 10.1. The molecule has 0 bridgehead atoms. The largest absolute Gasteiger partial charge is 0.493 e. The molecular weight excluding hydrogens is 380 g/mol. The number of aliphatic hydroxyl groups is 1. The summed E-state index contributed by atoms with van der Waals surface area (Å²) in [6, 6.07) is 15.7. The molecule has 0 aromatic heterocycles. The molecule has 2 aromatic rings. The van der Waals surface area contributed by atoms with E-state index in [-0.39, 0.29) is 6.61 Å². The summed E-state index contributed by atoms with van der Waals surface area (Å²) in [5.74, 6) is 2.22. The molecule has 1 heterocycles. The Morgan fingerprint density at radius 2 is 1.80 bits per heavy atom. The van der Waals surface area contributed by atoms with Crippen molar-refractivity contribution in [1.82, 2.24) is 10.2 Å². The number of β-amino-alcohol motifs (C(OH)–C–C–N with tert-alkyl or cyclic N) is 1. The van der Waals surface area contributed by atoms with E-state index < -0.39 is 6.10 Å². The van der Waals surface area contributed by atoms with Crippen LogP contribution in [0.25, 0.3) is 0 Å². The topological polar surface area (TPSA) is 63.2 Å². The number of nitrogens with zero attached hydrogens (tertiary/aromatic N) is 1. The molecule has 164 valence electrons. The number of benzene rings is 2. The van der Waals surface area contributed by atoms with Crippen LogP contribution in [0.5, 0.6) is 17.2 Å². The van der Waals surface area contributed by atoms with Gasteiger partial charge in [0.2, 0.25) is 0 Å². The lowest BCUT2D eigenvalue weighted by Crippen LogP contribution is -2.38. The molecule has 0 spiro atoms. The predicted molar refractivity (Wildman–Crippen MR) is 118 cm³/mol. The van der Waals surface area contributed by atoms with Crippen LogP contribution in [0.4, 0.5) is 0 Å². The molecule has 1 aliphatic heterocycles. The summed E-state index contributed by atoms with van der Waals surface area (Å²) in [6.07, 6.45) is 3.21. The van der Waals surface area contributed by atoms with E-state index in [1.165, 1.54) is 19.3 Å². The third-order valence-electron chi connectivity index (χ3n) is 5.20. The van der Waals surface area contributed by atoms with Gasteiger partial charge in [0.25, 0.3) is 0 Å². The number of rotatable bonds is 12. The minimum Gasteiger partial charge on any atom is -0.493 e. The van der Waals surface area contributed by atoms with Gasteiger partial charge in [-0.15, -0.1) is 0 Å². The van der Waals surface area contributed by atoms with Gasteiger partial charge in [0.1, 0.15) is 25.1 Å². The average molecular weight is 415 g/mol. The molecule has 3 rings (SSSR count). The van der Waals surface area contributed by atoms with Gasteiger partial charge in [-0.3, -0.25) is 0 Å². The van der Waals surface area contributed by atoms with E-state index in [1.54, 1.807) is 7.11 Å².